The van der Waals surface area contributed by atoms with Crippen molar-refractivity contribution in [1.29, 1.82) is 0 Å². The molecule has 2 atom stereocenters. The number of carbonyl (C=O) groups is 1. The van der Waals surface area contributed by atoms with Crippen LogP contribution in [0.15, 0.2) is 36.4 Å². The first-order valence-electron chi connectivity index (χ1n) is 6.17. The van der Waals surface area contributed by atoms with Gasteiger partial charge in [0.25, 0.3) is 0 Å². The van der Waals surface area contributed by atoms with Crippen LogP contribution in [0.1, 0.15) is 25.5 Å². The highest BCUT2D eigenvalue weighted by atomic mass is 16.5. The van der Waals surface area contributed by atoms with Crippen LogP contribution in [-0.4, -0.2) is 17.2 Å². The van der Waals surface area contributed by atoms with E-state index >= 15 is 0 Å². The van der Waals surface area contributed by atoms with Crippen LogP contribution in [-0.2, 0) is 4.79 Å². The molecule has 2 aromatic rings. The van der Waals surface area contributed by atoms with Gasteiger partial charge in [-0.3, -0.25) is 0 Å². The van der Waals surface area contributed by atoms with Crippen LogP contribution in [0.5, 0.6) is 5.75 Å². The zero-order valence-corrected chi connectivity index (χ0v) is 11.0. The molecule has 0 spiro atoms. The molecule has 100 valence electrons. The van der Waals surface area contributed by atoms with Gasteiger partial charge in [-0.15, -0.1) is 0 Å². The molecule has 2 rings (SSSR count). The molecule has 4 heteroatoms. The first-order chi connectivity index (χ1) is 9.00. The number of benzene rings is 2. The second kappa shape index (κ2) is 5.28. The van der Waals surface area contributed by atoms with Crippen molar-refractivity contribution in [1.82, 2.24) is 0 Å². The smallest absolute Gasteiger partial charge is 0.344 e. The van der Waals surface area contributed by atoms with Gasteiger partial charge in [0.1, 0.15) is 5.75 Å². The molecule has 3 N–H and O–H groups in total. The summed E-state index contributed by atoms with van der Waals surface area (Å²) in [6, 6.07) is 11.3. The molecule has 0 bridgehead atoms. The summed E-state index contributed by atoms with van der Waals surface area (Å²) in [7, 11) is 0. The second-order valence-corrected chi connectivity index (χ2v) is 4.59. The minimum atomic E-state index is -0.997. The average molecular weight is 259 g/mol. The zero-order valence-electron chi connectivity index (χ0n) is 11.0. The number of rotatable bonds is 4. The van der Waals surface area contributed by atoms with Crippen LogP contribution in [0.3, 0.4) is 0 Å². The highest BCUT2D eigenvalue weighted by Crippen LogP contribution is 2.33. The fraction of sp³-hybridized carbons (Fsp3) is 0.267. The van der Waals surface area contributed by atoms with Gasteiger partial charge in [-0.1, -0.05) is 36.4 Å². The van der Waals surface area contributed by atoms with Gasteiger partial charge in [-0.2, -0.15) is 0 Å². The molecule has 0 heterocycles. The quantitative estimate of drug-likeness (QED) is 0.885. The van der Waals surface area contributed by atoms with Crippen molar-refractivity contribution in [3.05, 3.63) is 42.0 Å². The van der Waals surface area contributed by atoms with E-state index in [2.05, 4.69) is 0 Å². The monoisotopic (exact) mass is 259 g/mol. The first kappa shape index (κ1) is 13.4. The van der Waals surface area contributed by atoms with Crippen molar-refractivity contribution < 1.29 is 14.6 Å². The minimum Gasteiger partial charge on any atom is -0.479 e. The fourth-order valence-corrected chi connectivity index (χ4v) is 1.98. The third kappa shape index (κ3) is 2.69. The van der Waals surface area contributed by atoms with Crippen LogP contribution in [0.4, 0.5) is 0 Å². The zero-order chi connectivity index (χ0) is 14.0. The number of carboxylic acids is 1. The maximum absolute atomic E-state index is 11.0. The Morgan fingerprint density at radius 1 is 1.21 bits per heavy atom. The largest absolute Gasteiger partial charge is 0.479 e. The molecule has 0 saturated heterocycles. The first-order valence-corrected chi connectivity index (χ1v) is 6.17. The lowest BCUT2D eigenvalue weighted by Crippen LogP contribution is -2.24. The SMILES string of the molecule is CC(Oc1c([C@H](C)N)ccc2ccccc12)C(=O)O. The molecule has 0 aliphatic carbocycles. The summed E-state index contributed by atoms with van der Waals surface area (Å²) in [5, 5.41) is 10.9. The van der Waals surface area contributed by atoms with Crippen molar-refractivity contribution in [2.24, 2.45) is 5.73 Å². The van der Waals surface area contributed by atoms with Crippen LogP contribution < -0.4 is 10.5 Å². The normalized spacial score (nSPS) is 14.1. The van der Waals surface area contributed by atoms with E-state index in [1.54, 1.807) is 0 Å². The van der Waals surface area contributed by atoms with Gasteiger partial charge in [0.2, 0.25) is 0 Å². The Balaban J connectivity index is 2.59. The molecular weight excluding hydrogens is 242 g/mol. The number of fused-ring (bicyclic) bond motifs is 1. The van der Waals surface area contributed by atoms with Gasteiger partial charge in [0.05, 0.1) is 0 Å². The molecule has 0 saturated carbocycles. The molecule has 2 aromatic carbocycles. The second-order valence-electron chi connectivity index (χ2n) is 4.59. The lowest BCUT2D eigenvalue weighted by Gasteiger charge is -2.18. The average Bonchev–Trinajstić information content (AvgIpc) is 2.38. The predicted octanol–water partition coefficient (Wildman–Crippen LogP) is 2.71. The van der Waals surface area contributed by atoms with Crippen molar-refractivity contribution in [3.63, 3.8) is 0 Å². The standard InChI is InChI=1S/C15H17NO3/c1-9(16)12-8-7-11-5-3-4-6-13(11)14(12)19-10(2)15(17)18/h3-10H,16H2,1-2H3,(H,17,18)/t9-,10?/m0/s1. The van der Waals surface area contributed by atoms with Crippen LogP contribution in [0, 0.1) is 0 Å². The number of hydrogen-bond acceptors (Lipinski definition) is 3. The van der Waals surface area contributed by atoms with Crippen molar-refractivity contribution >= 4 is 16.7 Å². The maximum Gasteiger partial charge on any atom is 0.344 e. The third-order valence-electron chi connectivity index (χ3n) is 3.04. The van der Waals surface area contributed by atoms with E-state index in [1.807, 2.05) is 43.3 Å². The van der Waals surface area contributed by atoms with Crippen molar-refractivity contribution in [2.45, 2.75) is 26.0 Å². The summed E-state index contributed by atoms with van der Waals surface area (Å²) >= 11 is 0. The van der Waals surface area contributed by atoms with Gasteiger partial charge < -0.3 is 15.6 Å². The Morgan fingerprint density at radius 3 is 2.53 bits per heavy atom. The highest BCUT2D eigenvalue weighted by molar-refractivity contribution is 5.90. The molecule has 19 heavy (non-hydrogen) atoms. The highest BCUT2D eigenvalue weighted by Gasteiger charge is 2.18. The predicted molar refractivity (Wildman–Crippen MR) is 74.3 cm³/mol. The van der Waals surface area contributed by atoms with E-state index in [4.69, 9.17) is 15.6 Å². The van der Waals surface area contributed by atoms with E-state index < -0.39 is 12.1 Å². The molecule has 0 aromatic heterocycles. The number of ether oxygens (including phenoxy) is 1. The summed E-state index contributed by atoms with van der Waals surface area (Å²) < 4.78 is 5.60. The van der Waals surface area contributed by atoms with Crippen molar-refractivity contribution in [2.75, 3.05) is 0 Å². The summed E-state index contributed by atoms with van der Waals surface area (Å²) in [5.41, 5.74) is 6.74. The number of hydrogen-bond donors (Lipinski definition) is 2. The van der Waals surface area contributed by atoms with Gasteiger partial charge in [-0.25, -0.2) is 4.79 Å². The van der Waals surface area contributed by atoms with Gasteiger partial charge in [-0.05, 0) is 19.2 Å². The molecule has 1 unspecified atom stereocenters. The molecule has 0 aliphatic rings. The topological polar surface area (TPSA) is 72.5 Å². The molecule has 0 amide bonds. The van der Waals surface area contributed by atoms with Gasteiger partial charge >= 0.3 is 5.97 Å². The van der Waals surface area contributed by atoms with E-state index in [-0.39, 0.29) is 6.04 Å². The molecular formula is C15H17NO3. The molecule has 0 fully saturated rings. The van der Waals surface area contributed by atoms with Gasteiger partial charge in [0.15, 0.2) is 6.10 Å². The van der Waals surface area contributed by atoms with Crippen molar-refractivity contribution in [3.8, 4) is 5.75 Å². The number of aliphatic carboxylic acids is 1. The Labute approximate surface area is 111 Å². The maximum atomic E-state index is 11.0. The number of carboxylic acid groups (broad SMARTS) is 1. The Bertz CT molecular complexity index is 607. The van der Waals surface area contributed by atoms with E-state index in [0.717, 1.165) is 16.3 Å². The fourth-order valence-electron chi connectivity index (χ4n) is 1.98. The lowest BCUT2D eigenvalue weighted by atomic mass is 10.0. The van der Waals surface area contributed by atoms with E-state index in [9.17, 15) is 4.79 Å². The molecule has 4 nitrogen and oxygen atoms in total. The third-order valence-corrected chi connectivity index (χ3v) is 3.04. The summed E-state index contributed by atoms with van der Waals surface area (Å²) in [5.74, 6) is -0.438. The Kier molecular flexibility index (Phi) is 3.71. The Hall–Kier alpha value is -2.07. The Morgan fingerprint density at radius 2 is 1.89 bits per heavy atom. The van der Waals surface area contributed by atoms with Crippen LogP contribution in [0.25, 0.3) is 10.8 Å². The summed E-state index contributed by atoms with van der Waals surface area (Å²) in [4.78, 5) is 11.0. The minimum absolute atomic E-state index is 0.222. The summed E-state index contributed by atoms with van der Waals surface area (Å²) in [6.45, 7) is 3.36. The van der Waals surface area contributed by atoms with Crippen LogP contribution >= 0.6 is 0 Å². The van der Waals surface area contributed by atoms with Crippen LogP contribution in [0.2, 0.25) is 0 Å². The van der Waals surface area contributed by atoms with E-state index in [0.29, 0.717) is 5.75 Å². The number of nitrogens with two attached hydrogens (primary N) is 1. The molecule has 0 radical (unpaired) electrons. The lowest BCUT2D eigenvalue weighted by molar-refractivity contribution is -0.144. The van der Waals surface area contributed by atoms with E-state index in [1.165, 1.54) is 6.92 Å². The summed E-state index contributed by atoms with van der Waals surface area (Å²) in [6.07, 6.45) is -0.914. The molecule has 0 aliphatic heterocycles. The van der Waals surface area contributed by atoms with Gasteiger partial charge in [0, 0.05) is 17.0 Å².